The highest BCUT2D eigenvalue weighted by Gasteiger charge is 2.14. The summed E-state index contributed by atoms with van der Waals surface area (Å²) < 4.78 is 0. The third kappa shape index (κ3) is 6.09. The third-order valence-electron chi connectivity index (χ3n) is 2.86. The van der Waals surface area contributed by atoms with Gasteiger partial charge in [-0.3, -0.25) is 0 Å². The summed E-state index contributed by atoms with van der Waals surface area (Å²) in [6.07, 6.45) is 4.00. The fourth-order valence-electron chi connectivity index (χ4n) is 1.83. The van der Waals surface area contributed by atoms with Crippen LogP contribution >= 0.6 is 0 Å². The molecule has 0 amide bonds. The molecule has 1 N–H and O–H groups in total. The van der Waals surface area contributed by atoms with Crippen molar-refractivity contribution in [2.75, 3.05) is 6.54 Å². The molecule has 0 radical (unpaired) electrons. The minimum absolute atomic E-state index is 0.628. The van der Waals surface area contributed by atoms with Gasteiger partial charge in [0.2, 0.25) is 0 Å². The summed E-state index contributed by atoms with van der Waals surface area (Å²) >= 11 is 0. The average Bonchev–Trinajstić information content (AvgIpc) is 2.05. The number of rotatable bonds is 7. The Bertz CT molecular complexity index is 110. The summed E-state index contributed by atoms with van der Waals surface area (Å²) in [6.45, 7) is 12.6. The molecule has 0 bridgehead atoms. The summed E-state index contributed by atoms with van der Waals surface area (Å²) in [4.78, 5) is 0. The summed E-state index contributed by atoms with van der Waals surface area (Å²) in [5, 5.41) is 3.54. The van der Waals surface area contributed by atoms with Gasteiger partial charge in [-0.1, -0.05) is 53.9 Å². The first-order valence-corrected chi connectivity index (χ1v) is 5.85. The van der Waals surface area contributed by atoms with Crippen molar-refractivity contribution in [3.8, 4) is 0 Å². The predicted molar refractivity (Wildman–Crippen MR) is 61.0 cm³/mol. The van der Waals surface area contributed by atoms with Crippen LogP contribution in [0.5, 0.6) is 0 Å². The molecule has 1 heteroatoms. The molecule has 0 aliphatic carbocycles. The van der Waals surface area contributed by atoms with E-state index in [-0.39, 0.29) is 0 Å². The Morgan fingerprint density at radius 3 is 2.08 bits per heavy atom. The molecule has 80 valence electrons. The monoisotopic (exact) mass is 185 g/mol. The van der Waals surface area contributed by atoms with Gasteiger partial charge in [-0.25, -0.2) is 0 Å². The first-order valence-electron chi connectivity index (χ1n) is 5.85. The molecule has 0 saturated heterocycles. The van der Waals surface area contributed by atoms with Crippen molar-refractivity contribution < 1.29 is 0 Å². The first-order chi connectivity index (χ1) is 6.11. The van der Waals surface area contributed by atoms with Crippen LogP contribution < -0.4 is 5.32 Å². The van der Waals surface area contributed by atoms with Crippen molar-refractivity contribution in [3.05, 3.63) is 0 Å². The van der Waals surface area contributed by atoms with E-state index in [0.29, 0.717) is 6.04 Å². The van der Waals surface area contributed by atoms with E-state index >= 15 is 0 Å². The SMILES string of the molecule is CCC[C@@H](C)C(CC)CNC(C)C. The largest absolute Gasteiger partial charge is 0.314 e. The van der Waals surface area contributed by atoms with Crippen molar-refractivity contribution in [2.24, 2.45) is 11.8 Å². The molecule has 0 aromatic carbocycles. The van der Waals surface area contributed by atoms with Gasteiger partial charge in [0.15, 0.2) is 0 Å². The molecule has 0 fully saturated rings. The molecule has 0 rings (SSSR count). The minimum Gasteiger partial charge on any atom is -0.314 e. The number of hydrogen-bond acceptors (Lipinski definition) is 1. The van der Waals surface area contributed by atoms with E-state index < -0.39 is 0 Å². The van der Waals surface area contributed by atoms with Gasteiger partial charge in [-0.2, -0.15) is 0 Å². The second-order valence-electron chi connectivity index (χ2n) is 4.50. The quantitative estimate of drug-likeness (QED) is 0.640. The maximum atomic E-state index is 3.54. The molecule has 0 aliphatic rings. The Balaban J connectivity index is 3.73. The van der Waals surface area contributed by atoms with Crippen LogP contribution in [0.2, 0.25) is 0 Å². The van der Waals surface area contributed by atoms with Crippen molar-refractivity contribution in [1.82, 2.24) is 5.32 Å². The molecule has 2 atom stereocenters. The maximum Gasteiger partial charge on any atom is 0.00104 e. The number of nitrogens with one attached hydrogen (secondary N) is 1. The molecule has 0 aromatic heterocycles. The lowest BCUT2D eigenvalue weighted by atomic mass is 9.88. The molecule has 1 unspecified atom stereocenters. The van der Waals surface area contributed by atoms with Crippen LogP contribution in [0.25, 0.3) is 0 Å². The highest BCUT2D eigenvalue weighted by Crippen LogP contribution is 2.19. The summed E-state index contributed by atoms with van der Waals surface area (Å²) in [6, 6.07) is 0.628. The minimum atomic E-state index is 0.628. The zero-order valence-electron chi connectivity index (χ0n) is 10.1. The van der Waals surface area contributed by atoms with E-state index in [0.717, 1.165) is 11.8 Å². The zero-order chi connectivity index (χ0) is 10.3. The lowest BCUT2D eigenvalue weighted by molar-refractivity contribution is 0.304. The number of hydrogen-bond donors (Lipinski definition) is 1. The highest BCUT2D eigenvalue weighted by atomic mass is 14.9. The molecule has 1 nitrogen and oxygen atoms in total. The fraction of sp³-hybridized carbons (Fsp3) is 1.00. The molecular weight excluding hydrogens is 158 g/mol. The third-order valence-corrected chi connectivity index (χ3v) is 2.86. The molecule has 0 aliphatic heterocycles. The lowest BCUT2D eigenvalue weighted by Gasteiger charge is -2.23. The fourth-order valence-corrected chi connectivity index (χ4v) is 1.83. The van der Waals surface area contributed by atoms with Gasteiger partial charge in [0, 0.05) is 6.04 Å². The zero-order valence-corrected chi connectivity index (χ0v) is 10.1. The smallest absolute Gasteiger partial charge is 0.00104 e. The van der Waals surface area contributed by atoms with Crippen molar-refractivity contribution in [3.63, 3.8) is 0 Å². The topological polar surface area (TPSA) is 12.0 Å². The standard InChI is InChI=1S/C12H27N/c1-6-8-11(5)12(7-2)9-13-10(3)4/h10-13H,6-9H2,1-5H3/t11-,12?/m1/s1. The highest BCUT2D eigenvalue weighted by molar-refractivity contribution is 4.68. The van der Waals surface area contributed by atoms with Crippen LogP contribution in [0.4, 0.5) is 0 Å². The van der Waals surface area contributed by atoms with Crippen molar-refractivity contribution >= 4 is 0 Å². The summed E-state index contributed by atoms with van der Waals surface area (Å²) in [5.74, 6) is 1.74. The van der Waals surface area contributed by atoms with Gasteiger partial charge in [-0.15, -0.1) is 0 Å². The predicted octanol–water partition coefficient (Wildman–Crippen LogP) is 3.45. The molecular formula is C12H27N. The Labute approximate surface area is 84.3 Å². The molecule has 0 heterocycles. The van der Waals surface area contributed by atoms with Gasteiger partial charge >= 0.3 is 0 Å². The Hall–Kier alpha value is -0.0400. The molecule has 0 aromatic rings. The first kappa shape index (κ1) is 13.0. The van der Waals surface area contributed by atoms with Gasteiger partial charge in [0.05, 0.1) is 0 Å². The summed E-state index contributed by atoms with van der Waals surface area (Å²) in [5.41, 5.74) is 0. The maximum absolute atomic E-state index is 3.54. The Kier molecular flexibility index (Phi) is 7.35. The van der Waals surface area contributed by atoms with Gasteiger partial charge in [0.25, 0.3) is 0 Å². The van der Waals surface area contributed by atoms with Crippen LogP contribution in [0.1, 0.15) is 53.9 Å². The molecule has 0 spiro atoms. The van der Waals surface area contributed by atoms with E-state index in [9.17, 15) is 0 Å². The van der Waals surface area contributed by atoms with Crippen LogP contribution in [0.3, 0.4) is 0 Å². The van der Waals surface area contributed by atoms with Crippen LogP contribution in [-0.2, 0) is 0 Å². The van der Waals surface area contributed by atoms with Crippen LogP contribution in [0, 0.1) is 11.8 Å². The molecule has 0 saturated carbocycles. The van der Waals surface area contributed by atoms with Gasteiger partial charge in [0.1, 0.15) is 0 Å². The normalized spacial score (nSPS) is 16.2. The van der Waals surface area contributed by atoms with E-state index in [1.54, 1.807) is 0 Å². The molecule has 13 heavy (non-hydrogen) atoms. The van der Waals surface area contributed by atoms with E-state index in [2.05, 4.69) is 39.9 Å². The second-order valence-corrected chi connectivity index (χ2v) is 4.50. The Morgan fingerprint density at radius 1 is 1.08 bits per heavy atom. The van der Waals surface area contributed by atoms with Crippen molar-refractivity contribution in [1.29, 1.82) is 0 Å². The van der Waals surface area contributed by atoms with Crippen LogP contribution in [-0.4, -0.2) is 12.6 Å². The van der Waals surface area contributed by atoms with Gasteiger partial charge in [-0.05, 0) is 18.4 Å². The van der Waals surface area contributed by atoms with Crippen molar-refractivity contribution in [2.45, 2.75) is 59.9 Å². The van der Waals surface area contributed by atoms with E-state index in [4.69, 9.17) is 0 Å². The second kappa shape index (κ2) is 7.37. The van der Waals surface area contributed by atoms with Crippen LogP contribution in [0.15, 0.2) is 0 Å². The summed E-state index contributed by atoms with van der Waals surface area (Å²) in [7, 11) is 0. The van der Waals surface area contributed by atoms with Gasteiger partial charge < -0.3 is 5.32 Å². The Morgan fingerprint density at radius 2 is 1.69 bits per heavy atom. The average molecular weight is 185 g/mol. The van der Waals surface area contributed by atoms with E-state index in [1.807, 2.05) is 0 Å². The van der Waals surface area contributed by atoms with E-state index in [1.165, 1.54) is 25.8 Å². The lowest BCUT2D eigenvalue weighted by Crippen LogP contribution is -2.31.